The molecule has 1 fully saturated rings. The highest BCUT2D eigenvalue weighted by atomic mass is 19.1. The summed E-state index contributed by atoms with van der Waals surface area (Å²) in [5.41, 5.74) is 0.451. The lowest BCUT2D eigenvalue weighted by molar-refractivity contribution is 0.0455. The zero-order valence-electron chi connectivity index (χ0n) is 21.7. The molecule has 1 unspecified atom stereocenters. The van der Waals surface area contributed by atoms with Gasteiger partial charge in [-0.15, -0.1) is 0 Å². The third-order valence-electron chi connectivity index (χ3n) is 6.44. The Hall–Kier alpha value is -3.95. The summed E-state index contributed by atoms with van der Waals surface area (Å²) < 4.78 is 36.1. The molecule has 0 spiro atoms. The molecular weight excluding hydrogens is 494 g/mol. The Labute approximate surface area is 220 Å². The average molecular weight is 527 g/mol. The Morgan fingerprint density at radius 1 is 1.13 bits per heavy atom. The van der Waals surface area contributed by atoms with Gasteiger partial charge < -0.3 is 24.6 Å². The van der Waals surface area contributed by atoms with Crippen LogP contribution in [0, 0.1) is 17.6 Å². The van der Waals surface area contributed by atoms with E-state index in [-0.39, 0.29) is 17.2 Å². The first-order chi connectivity index (χ1) is 18.0. The topological polar surface area (TPSA) is 96.7 Å². The number of carbonyl (C=O) groups excluding carboxylic acids is 1. The first kappa shape index (κ1) is 27.1. The van der Waals surface area contributed by atoms with E-state index in [1.165, 1.54) is 4.90 Å². The van der Waals surface area contributed by atoms with Crippen LogP contribution in [0.25, 0.3) is 11.3 Å². The number of nitrogens with one attached hydrogen (secondary N) is 1. The minimum absolute atomic E-state index is 0.00905. The Balaban J connectivity index is 1.76. The lowest BCUT2D eigenvalue weighted by Crippen LogP contribution is -2.44. The fraction of sp³-hybridized carbons (Fsp3) is 0.393. The molecule has 2 aromatic carbocycles. The summed E-state index contributed by atoms with van der Waals surface area (Å²) in [7, 11) is 0. The minimum Gasteiger partial charge on any atom is -0.465 e. The molecular formula is C28H32F2N4O4. The second kappa shape index (κ2) is 11.2. The smallest absolute Gasteiger partial charge is 0.408 e. The van der Waals surface area contributed by atoms with Crippen LogP contribution < -0.4 is 5.32 Å². The number of halogens is 2. The molecule has 1 atom stereocenters. The maximum Gasteiger partial charge on any atom is 0.408 e. The zero-order chi connectivity index (χ0) is 27.4. The molecule has 0 bridgehead atoms. The van der Waals surface area contributed by atoms with Gasteiger partial charge in [-0.25, -0.2) is 23.4 Å². The third-order valence-corrected chi connectivity index (χ3v) is 6.44. The van der Waals surface area contributed by atoms with Crippen molar-refractivity contribution in [2.45, 2.75) is 51.8 Å². The summed E-state index contributed by atoms with van der Waals surface area (Å²) in [4.78, 5) is 30.4. The van der Waals surface area contributed by atoms with Gasteiger partial charge >= 0.3 is 12.2 Å². The highest BCUT2D eigenvalue weighted by Crippen LogP contribution is 2.34. The second-order valence-electron chi connectivity index (χ2n) is 10.5. The highest BCUT2D eigenvalue weighted by molar-refractivity contribution is 5.68. The van der Waals surface area contributed by atoms with Crippen molar-refractivity contribution >= 4 is 12.2 Å². The summed E-state index contributed by atoms with van der Waals surface area (Å²) in [6.07, 6.45) is 0.977. The number of ether oxygens (including phenoxy) is 1. The van der Waals surface area contributed by atoms with Crippen molar-refractivity contribution in [3.05, 3.63) is 77.8 Å². The van der Waals surface area contributed by atoms with E-state index in [0.29, 0.717) is 38.3 Å². The van der Waals surface area contributed by atoms with Crippen molar-refractivity contribution in [2.24, 2.45) is 5.92 Å². The maximum absolute atomic E-state index is 14.7. The highest BCUT2D eigenvalue weighted by Gasteiger charge is 2.35. The molecule has 0 saturated carbocycles. The molecule has 1 aliphatic rings. The van der Waals surface area contributed by atoms with Gasteiger partial charge in [-0.3, -0.25) is 0 Å². The van der Waals surface area contributed by atoms with Crippen LogP contribution >= 0.6 is 0 Å². The van der Waals surface area contributed by atoms with E-state index >= 15 is 0 Å². The number of carboxylic acid groups (broad SMARTS) is 1. The first-order valence-corrected chi connectivity index (χ1v) is 12.5. The molecule has 0 aliphatic carbocycles. The molecule has 2 N–H and O–H groups in total. The Morgan fingerprint density at radius 2 is 1.82 bits per heavy atom. The van der Waals surface area contributed by atoms with Gasteiger partial charge in [-0.2, -0.15) is 0 Å². The van der Waals surface area contributed by atoms with Crippen LogP contribution in [0.5, 0.6) is 0 Å². The predicted octanol–water partition coefficient (Wildman–Crippen LogP) is 5.83. The van der Waals surface area contributed by atoms with Crippen LogP contribution in [0.1, 0.15) is 51.0 Å². The van der Waals surface area contributed by atoms with Crippen molar-refractivity contribution in [2.75, 3.05) is 13.1 Å². The fourth-order valence-electron chi connectivity index (χ4n) is 4.66. The number of aromatic nitrogens is 2. The molecule has 1 saturated heterocycles. The van der Waals surface area contributed by atoms with Crippen LogP contribution in [0.2, 0.25) is 0 Å². The third kappa shape index (κ3) is 6.67. The number of amides is 2. The molecule has 4 rings (SSSR count). The number of rotatable bonds is 6. The summed E-state index contributed by atoms with van der Waals surface area (Å²) in [5, 5.41) is 12.3. The molecule has 8 nitrogen and oxygen atoms in total. The predicted molar refractivity (Wildman–Crippen MR) is 138 cm³/mol. The molecule has 2 amide bonds. The van der Waals surface area contributed by atoms with E-state index in [9.17, 15) is 23.5 Å². The van der Waals surface area contributed by atoms with Crippen molar-refractivity contribution in [1.82, 2.24) is 19.8 Å². The van der Waals surface area contributed by atoms with Crippen LogP contribution in [0.3, 0.4) is 0 Å². The van der Waals surface area contributed by atoms with Crippen LogP contribution in [0.4, 0.5) is 18.4 Å². The average Bonchev–Trinajstić information content (AvgIpc) is 3.26. The molecule has 0 radical (unpaired) electrons. The number of carbonyl (C=O) groups is 2. The lowest BCUT2D eigenvalue weighted by Gasteiger charge is -2.35. The summed E-state index contributed by atoms with van der Waals surface area (Å²) in [6, 6.07) is 12.1. The number of hydrogen-bond donors (Lipinski definition) is 2. The van der Waals surface area contributed by atoms with E-state index in [0.717, 1.165) is 23.8 Å². The van der Waals surface area contributed by atoms with Crippen molar-refractivity contribution < 1.29 is 28.2 Å². The molecule has 1 aromatic heterocycles. The van der Waals surface area contributed by atoms with E-state index in [4.69, 9.17) is 9.72 Å². The van der Waals surface area contributed by atoms with E-state index < -0.39 is 35.5 Å². The number of piperidine rings is 1. The van der Waals surface area contributed by atoms with Gasteiger partial charge in [0.1, 0.15) is 23.1 Å². The number of likely N-dealkylation sites (tertiary alicyclic amines) is 1. The van der Waals surface area contributed by atoms with Crippen molar-refractivity contribution in [3.8, 4) is 11.3 Å². The van der Waals surface area contributed by atoms with Crippen LogP contribution in [-0.2, 0) is 11.3 Å². The zero-order valence-corrected chi connectivity index (χ0v) is 21.7. The largest absolute Gasteiger partial charge is 0.465 e. The number of hydrogen-bond acceptors (Lipinski definition) is 4. The molecule has 3 aromatic rings. The lowest BCUT2D eigenvalue weighted by atomic mass is 9.89. The van der Waals surface area contributed by atoms with Gasteiger partial charge in [0, 0.05) is 31.4 Å². The number of benzene rings is 2. The molecule has 2 heterocycles. The monoisotopic (exact) mass is 526 g/mol. The van der Waals surface area contributed by atoms with Gasteiger partial charge in [0.25, 0.3) is 0 Å². The molecule has 1 aliphatic heterocycles. The molecule has 38 heavy (non-hydrogen) atoms. The Bertz CT molecular complexity index is 1280. The maximum atomic E-state index is 14.7. The second-order valence-corrected chi connectivity index (χ2v) is 10.5. The van der Waals surface area contributed by atoms with E-state index in [1.807, 2.05) is 34.9 Å². The molecule has 10 heteroatoms. The summed E-state index contributed by atoms with van der Waals surface area (Å²) >= 11 is 0. The first-order valence-electron chi connectivity index (χ1n) is 12.5. The van der Waals surface area contributed by atoms with Gasteiger partial charge in [0.2, 0.25) is 0 Å². The number of nitrogens with zero attached hydrogens (tertiary/aromatic N) is 3. The molecule has 202 valence electrons. The Morgan fingerprint density at radius 3 is 2.45 bits per heavy atom. The fourth-order valence-corrected chi connectivity index (χ4v) is 4.66. The Kier molecular flexibility index (Phi) is 7.99. The minimum atomic E-state index is -0.991. The van der Waals surface area contributed by atoms with Crippen molar-refractivity contribution in [1.29, 1.82) is 0 Å². The van der Waals surface area contributed by atoms with Crippen LogP contribution in [-0.4, -0.2) is 50.4 Å². The standard InChI is InChI=1S/C28H32F2N4O4/c1-28(2,3)38-26(35)32-24(19-11-13-33(14-12-19)27(36)37)25-31-23(21-15-20(29)9-10-22(21)30)17-34(25)16-18-7-5-4-6-8-18/h4-10,15,17,19,24H,11-14,16H2,1-3H3,(H,32,35)(H,36,37). The SMILES string of the molecule is CC(C)(C)OC(=O)NC(c1nc(-c2cc(F)ccc2F)cn1Cc1ccccc1)C1CCN(C(=O)O)CC1. The van der Waals surface area contributed by atoms with E-state index in [1.54, 1.807) is 27.0 Å². The van der Waals surface area contributed by atoms with Gasteiger partial charge in [-0.05, 0) is 63.3 Å². The van der Waals surface area contributed by atoms with Gasteiger partial charge in [0.15, 0.2) is 0 Å². The van der Waals surface area contributed by atoms with Crippen molar-refractivity contribution in [3.63, 3.8) is 0 Å². The number of alkyl carbamates (subject to hydrolysis) is 1. The normalized spacial score (nSPS) is 15.2. The summed E-state index contributed by atoms with van der Waals surface area (Å²) in [6.45, 7) is 6.26. The van der Waals surface area contributed by atoms with Crippen LogP contribution in [0.15, 0.2) is 54.7 Å². The quantitative estimate of drug-likeness (QED) is 0.421. The number of imidazole rings is 1. The van der Waals surface area contributed by atoms with E-state index in [2.05, 4.69) is 5.32 Å². The van der Waals surface area contributed by atoms with Gasteiger partial charge in [-0.1, -0.05) is 30.3 Å². The summed E-state index contributed by atoms with van der Waals surface area (Å²) in [5.74, 6) is -0.925. The van der Waals surface area contributed by atoms with Gasteiger partial charge in [0.05, 0.1) is 11.7 Å².